The minimum absolute atomic E-state index is 0.0788. The van der Waals surface area contributed by atoms with Gasteiger partial charge in [-0.1, -0.05) is 29.3 Å². The van der Waals surface area contributed by atoms with E-state index >= 15 is 0 Å². The van der Waals surface area contributed by atoms with Gasteiger partial charge >= 0.3 is 0 Å². The maximum atomic E-state index is 12.7. The molecule has 2 N–H and O–H groups in total. The lowest BCUT2D eigenvalue weighted by Gasteiger charge is -2.22. The van der Waals surface area contributed by atoms with Crippen LogP contribution in [0.25, 0.3) is 11.0 Å². The highest BCUT2D eigenvalue weighted by atomic mass is 35.5. The summed E-state index contributed by atoms with van der Waals surface area (Å²) in [6, 6.07) is 9.02. The molecule has 3 rings (SSSR count). The van der Waals surface area contributed by atoms with Crippen LogP contribution in [-0.4, -0.2) is 39.0 Å². The Morgan fingerprint density at radius 1 is 1.24 bits per heavy atom. The van der Waals surface area contributed by atoms with Crippen LogP contribution in [0.15, 0.2) is 42.7 Å². The number of hydrogen-bond acceptors (Lipinski definition) is 3. The molecule has 0 saturated heterocycles. The lowest BCUT2D eigenvalue weighted by atomic mass is 10.1. The zero-order chi connectivity index (χ0) is 17.8. The van der Waals surface area contributed by atoms with Gasteiger partial charge in [0.2, 0.25) is 5.91 Å². The molecular formula is C18H17Cl2N3O2. The third-order valence-corrected chi connectivity index (χ3v) is 4.70. The lowest BCUT2D eigenvalue weighted by Crippen LogP contribution is -2.34. The number of nitrogens with zero attached hydrogens (tertiary/aromatic N) is 2. The Labute approximate surface area is 155 Å². The van der Waals surface area contributed by atoms with Crippen LogP contribution in [0, 0.1) is 0 Å². The van der Waals surface area contributed by atoms with E-state index in [1.165, 1.54) is 0 Å². The number of aliphatic hydroxyl groups excluding tert-OH is 1. The molecule has 5 nitrogen and oxygen atoms in total. The molecule has 130 valence electrons. The minimum Gasteiger partial charge on any atom is -0.395 e. The number of pyridine rings is 1. The summed E-state index contributed by atoms with van der Waals surface area (Å²) >= 11 is 12.0. The highest BCUT2D eigenvalue weighted by molar-refractivity contribution is 6.42. The van der Waals surface area contributed by atoms with Gasteiger partial charge in [-0.2, -0.15) is 0 Å². The van der Waals surface area contributed by atoms with Gasteiger partial charge in [0.25, 0.3) is 0 Å². The van der Waals surface area contributed by atoms with Crippen molar-refractivity contribution in [2.24, 2.45) is 0 Å². The SMILES string of the molecule is O=C(Cc1c[nH]c2ncccc12)N(CCO)Cc1ccc(Cl)c(Cl)c1. The van der Waals surface area contributed by atoms with Gasteiger partial charge in [-0.3, -0.25) is 4.79 Å². The quantitative estimate of drug-likeness (QED) is 0.691. The van der Waals surface area contributed by atoms with Crippen molar-refractivity contribution in [1.29, 1.82) is 0 Å². The number of halogens is 2. The normalized spacial score (nSPS) is 11.0. The van der Waals surface area contributed by atoms with E-state index in [0.717, 1.165) is 22.2 Å². The first-order valence-electron chi connectivity index (χ1n) is 7.82. The number of aliphatic hydroxyl groups is 1. The Hall–Kier alpha value is -2.08. The first kappa shape index (κ1) is 17.7. The van der Waals surface area contributed by atoms with E-state index in [9.17, 15) is 9.90 Å². The van der Waals surface area contributed by atoms with E-state index < -0.39 is 0 Å². The number of benzene rings is 1. The maximum Gasteiger partial charge on any atom is 0.227 e. The number of aromatic amines is 1. The average Bonchev–Trinajstić information content (AvgIpc) is 3.01. The van der Waals surface area contributed by atoms with Crippen molar-refractivity contribution >= 4 is 40.1 Å². The standard InChI is InChI=1S/C18H17Cl2N3O2/c19-15-4-3-12(8-16(15)20)11-23(6-7-24)17(25)9-13-10-22-18-14(13)2-1-5-21-18/h1-5,8,10,24H,6-7,9,11H2,(H,21,22). The predicted octanol–water partition coefficient (Wildman–Crippen LogP) is 3.43. The lowest BCUT2D eigenvalue weighted by molar-refractivity contribution is -0.131. The van der Waals surface area contributed by atoms with Crippen LogP contribution in [0.1, 0.15) is 11.1 Å². The molecule has 0 bridgehead atoms. The molecule has 2 aromatic heterocycles. The number of amides is 1. The van der Waals surface area contributed by atoms with Crippen LogP contribution in [-0.2, 0) is 17.8 Å². The fraction of sp³-hybridized carbons (Fsp3) is 0.222. The van der Waals surface area contributed by atoms with Crippen LogP contribution in [0.5, 0.6) is 0 Å². The van der Waals surface area contributed by atoms with Crippen molar-refractivity contribution in [3.63, 3.8) is 0 Å². The van der Waals surface area contributed by atoms with Gasteiger partial charge in [-0.15, -0.1) is 0 Å². The number of aromatic nitrogens is 2. The number of hydrogen-bond donors (Lipinski definition) is 2. The number of fused-ring (bicyclic) bond motifs is 1. The Bertz CT molecular complexity index is 895. The first-order valence-corrected chi connectivity index (χ1v) is 8.57. The molecule has 0 radical (unpaired) electrons. The molecule has 7 heteroatoms. The topological polar surface area (TPSA) is 69.2 Å². The Balaban J connectivity index is 1.77. The number of nitrogens with one attached hydrogen (secondary N) is 1. The Morgan fingerprint density at radius 2 is 2.08 bits per heavy atom. The van der Waals surface area contributed by atoms with Gasteiger partial charge in [-0.25, -0.2) is 4.98 Å². The summed E-state index contributed by atoms with van der Waals surface area (Å²) in [4.78, 5) is 21.6. The predicted molar refractivity (Wildman–Crippen MR) is 98.8 cm³/mol. The summed E-state index contributed by atoms with van der Waals surface area (Å²) in [5, 5.41) is 11.1. The van der Waals surface area contributed by atoms with Crippen LogP contribution >= 0.6 is 23.2 Å². The molecule has 3 aromatic rings. The molecule has 0 fully saturated rings. The zero-order valence-electron chi connectivity index (χ0n) is 13.4. The molecule has 0 aliphatic carbocycles. The second-order valence-corrected chi connectivity index (χ2v) is 6.49. The van der Waals surface area contributed by atoms with Crippen molar-refractivity contribution in [3.05, 3.63) is 63.9 Å². The fourth-order valence-corrected chi connectivity index (χ4v) is 3.03. The average molecular weight is 378 g/mol. The molecule has 0 aliphatic rings. The summed E-state index contributed by atoms with van der Waals surface area (Å²) < 4.78 is 0. The van der Waals surface area contributed by atoms with E-state index in [0.29, 0.717) is 16.6 Å². The minimum atomic E-state index is -0.109. The molecule has 0 unspecified atom stereocenters. The number of H-pyrrole nitrogens is 1. The van der Waals surface area contributed by atoms with Crippen molar-refractivity contribution in [3.8, 4) is 0 Å². The van der Waals surface area contributed by atoms with Crippen LogP contribution < -0.4 is 0 Å². The van der Waals surface area contributed by atoms with E-state index in [1.807, 2.05) is 18.2 Å². The smallest absolute Gasteiger partial charge is 0.227 e. The summed E-state index contributed by atoms with van der Waals surface area (Å²) in [5.74, 6) is -0.0788. The van der Waals surface area contributed by atoms with Crippen molar-refractivity contribution in [1.82, 2.24) is 14.9 Å². The van der Waals surface area contributed by atoms with E-state index in [-0.39, 0.29) is 25.5 Å². The van der Waals surface area contributed by atoms with Gasteiger partial charge in [0.1, 0.15) is 5.65 Å². The van der Waals surface area contributed by atoms with Gasteiger partial charge < -0.3 is 15.0 Å². The van der Waals surface area contributed by atoms with Gasteiger partial charge in [0.15, 0.2) is 0 Å². The second-order valence-electron chi connectivity index (χ2n) is 5.68. The number of carbonyl (C=O) groups is 1. The molecule has 0 saturated carbocycles. The third-order valence-electron chi connectivity index (χ3n) is 3.96. The van der Waals surface area contributed by atoms with E-state index in [1.54, 1.807) is 29.4 Å². The Morgan fingerprint density at radius 3 is 2.84 bits per heavy atom. The van der Waals surface area contributed by atoms with Crippen LogP contribution in [0.3, 0.4) is 0 Å². The third kappa shape index (κ3) is 4.12. The molecule has 1 aromatic carbocycles. The summed E-state index contributed by atoms with van der Waals surface area (Å²) in [6.45, 7) is 0.499. The fourth-order valence-electron chi connectivity index (χ4n) is 2.70. The number of rotatable bonds is 6. The molecule has 2 heterocycles. The molecule has 1 amide bonds. The van der Waals surface area contributed by atoms with Gasteiger partial charge in [0, 0.05) is 30.9 Å². The van der Waals surface area contributed by atoms with Crippen molar-refractivity contribution < 1.29 is 9.90 Å². The van der Waals surface area contributed by atoms with Crippen LogP contribution in [0.4, 0.5) is 0 Å². The molecular weight excluding hydrogens is 361 g/mol. The Kier molecular flexibility index (Phi) is 5.58. The van der Waals surface area contributed by atoms with E-state index in [4.69, 9.17) is 23.2 Å². The molecule has 25 heavy (non-hydrogen) atoms. The van der Waals surface area contributed by atoms with Gasteiger partial charge in [0.05, 0.1) is 23.1 Å². The summed E-state index contributed by atoms with van der Waals surface area (Å²) in [6.07, 6.45) is 3.73. The maximum absolute atomic E-state index is 12.7. The zero-order valence-corrected chi connectivity index (χ0v) is 14.9. The molecule has 0 spiro atoms. The summed E-state index contributed by atoms with van der Waals surface area (Å²) in [7, 11) is 0. The van der Waals surface area contributed by atoms with Crippen molar-refractivity contribution in [2.45, 2.75) is 13.0 Å². The number of carbonyl (C=O) groups excluding carboxylic acids is 1. The molecule has 0 aliphatic heterocycles. The second kappa shape index (κ2) is 7.87. The summed E-state index contributed by atoms with van der Waals surface area (Å²) in [5.41, 5.74) is 2.49. The first-order chi connectivity index (χ1) is 12.1. The van der Waals surface area contributed by atoms with Crippen LogP contribution in [0.2, 0.25) is 10.0 Å². The highest BCUT2D eigenvalue weighted by Gasteiger charge is 2.17. The van der Waals surface area contributed by atoms with E-state index in [2.05, 4.69) is 9.97 Å². The molecule has 0 atom stereocenters. The van der Waals surface area contributed by atoms with Crippen molar-refractivity contribution in [2.75, 3.05) is 13.2 Å². The highest BCUT2D eigenvalue weighted by Crippen LogP contribution is 2.23. The monoisotopic (exact) mass is 377 g/mol. The largest absolute Gasteiger partial charge is 0.395 e. The van der Waals surface area contributed by atoms with Gasteiger partial charge in [-0.05, 0) is 35.4 Å².